The molecule has 0 fully saturated rings. The Morgan fingerprint density at radius 2 is 2.05 bits per heavy atom. The molecule has 0 aliphatic rings. The highest BCUT2D eigenvalue weighted by molar-refractivity contribution is 6.32. The summed E-state index contributed by atoms with van der Waals surface area (Å²) in [5.74, 6) is 1.36. The van der Waals surface area contributed by atoms with Crippen LogP contribution in [0, 0.1) is 6.92 Å². The number of aryl methyl sites for hydroxylation is 2. The molecule has 0 aliphatic carbocycles. The first kappa shape index (κ1) is 16.0. The van der Waals surface area contributed by atoms with E-state index >= 15 is 0 Å². The Labute approximate surface area is 132 Å². The van der Waals surface area contributed by atoms with Crippen LogP contribution in [0.3, 0.4) is 0 Å². The molecule has 0 radical (unpaired) electrons. The fourth-order valence-electron chi connectivity index (χ4n) is 1.83. The Hall–Kier alpha value is -2.35. The number of hydrogen-bond acceptors (Lipinski definition) is 6. The van der Waals surface area contributed by atoms with Crippen molar-refractivity contribution in [1.82, 2.24) is 20.2 Å². The number of aromatic nitrogens is 4. The first-order chi connectivity index (χ1) is 10.5. The number of benzene rings is 1. The Kier molecular flexibility index (Phi) is 5.16. The number of carbonyl (C=O) groups excluding carboxylic acids is 1. The first-order valence-corrected chi connectivity index (χ1v) is 6.87. The molecule has 1 amide bonds. The summed E-state index contributed by atoms with van der Waals surface area (Å²) < 4.78 is 11.9. The van der Waals surface area contributed by atoms with Gasteiger partial charge in [-0.15, -0.1) is 5.10 Å². The molecule has 0 saturated carbocycles. The van der Waals surface area contributed by atoms with Crippen molar-refractivity contribution in [3.8, 4) is 11.5 Å². The van der Waals surface area contributed by atoms with E-state index in [0.717, 1.165) is 0 Å². The lowest BCUT2D eigenvalue weighted by atomic mass is 10.2. The van der Waals surface area contributed by atoms with E-state index < -0.39 is 0 Å². The predicted molar refractivity (Wildman–Crippen MR) is 80.4 cm³/mol. The van der Waals surface area contributed by atoms with Crippen LogP contribution in [0.25, 0.3) is 0 Å². The number of ether oxygens (including phenoxy) is 2. The molecule has 0 saturated heterocycles. The molecule has 1 heterocycles. The number of anilines is 1. The molecule has 0 bridgehead atoms. The number of hydrogen-bond donors (Lipinski definition) is 1. The molecule has 1 aromatic heterocycles. The Morgan fingerprint density at radius 1 is 1.32 bits per heavy atom. The summed E-state index contributed by atoms with van der Waals surface area (Å²) in [5, 5.41) is 14.2. The van der Waals surface area contributed by atoms with E-state index in [2.05, 4.69) is 20.8 Å². The maximum atomic E-state index is 12.0. The molecule has 0 unspecified atom stereocenters. The highest BCUT2D eigenvalue weighted by Gasteiger charge is 2.13. The van der Waals surface area contributed by atoms with Crippen molar-refractivity contribution in [2.75, 3.05) is 19.5 Å². The third-order valence-corrected chi connectivity index (χ3v) is 3.31. The lowest BCUT2D eigenvalue weighted by molar-refractivity contribution is -0.116. The first-order valence-electron chi connectivity index (χ1n) is 6.49. The average molecular weight is 326 g/mol. The number of amides is 1. The SMILES string of the molecule is COc1cc(NC(=O)CCn2nnnc2C)c(OC)cc1Cl. The maximum Gasteiger partial charge on any atom is 0.226 e. The third-order valence-electron chi connectivity index (χ3n) is 3.01. The minimum absolute atomic E-state index is 0.197. The van der Waals surface area contributed by atoms with E-state index in [-0.39, 0.29) is 12.3 Å². The van der Waals surface area contributed by atoms with Gasteiger partial charge in [-0.05, 0) is 17.4 Å². The lowest BCUT2D eigenvalue weighted by Crippen LogP contribution is -2.16. The molecule has 118 valence electrons. The Bertz CT molecular complexity index is 674. The second-order valence-electron chi connectivity index (χ2n) is 4.43. The van der Waals surface area contributed by atoms with Crippen molar-refractivity contribution in [2.24, 2.45) is 0 Å². The largest absolute Gasteiger partial charge is 0.495 e. The number of halogens is 1. The minimum atomic E-state index is -0.197. The molecule has 22 heavy (non-hydrogen) atoms. The number of rotatable bonds is 6. The topological polar surface area (TPSA) is 91.2 Å². The summed E-state index contributed by atoms with van der Waals surface area (Å²) in [7, 11) is 3.00. The number of methoxy groups -OCH3 is 2. The van der Waals surface area contributed by atoms with Crippen molar-refractivity contribution in [2.45, 2.75) is 19.9 Å². The summed E-state index contributed by atoms with van der Waals surface area (Å²) in [6.07, 6.45) is 0.222. The van der Waals surface area contributed by atoms with E-state index in [9.17, 15) is 4.79 Å². The summed E-state index contributed by atoms with van der Waals surface area (Å²) >= 11 is 6.02. The van der Waals surface area contributed by atoms with Crippen molar-refractivity contribution in [3.63, 3.8) is 0 Å². The van der Waals surface area contributed by atoms with Gasteiger partial charge in [0.15, 0.2) is 0 Å². The molecular formula is C13H16ClN5O3. The Balaban J connectivity index is 2.06. The van der Waals surface area contributed by atoms with E-state index in [1.807, 2.05) is 0 Å². The van der Waals surface area contributed by atoms with Gasteiger partial charge in [0, 0.05) is 18.6 Å². The molecule has 1 N–H and O–H groups in total. The van der Waals surface area contributed by atoms with Crippen LogP contribution in [-0.4, -0.2) is 40.3 Å². The summed E-state index contributed by atoms with van der Waals surface area (Å²) in [5.41, 5.74) is 0.488. The van der Waals surface area contributed by atoms with Crippen LogP contribution < -0.4 is 14.8 Å². The highest BCUT2D eigenvalue weighted by atomic mass is 35.5. The number of nitrogens with one attached hydrogen (secondary N) is 1. The van der Waals surface area contributed by atoms with E-state index in [0.29, 0.717) is 34.6 Å². The standard InChI is InChI=1S/C13H16ClN5O3/c1-8-16-17-18-19(8)5-4-13(20)15-10-7-11(21-2)9(14)6-12(10)22-3/h6-7H,4-5H2,1-3H3,(H,15,20). The maximum absolute atomic E-state index is 12.0. The average Bonchev–Trinajstić information content (AvgIpc) is 2.91. The van der Waals surface area contributed by atoms with E-state index in [1.54, 1.807) is 23.7 Å². The summed E-state index contributed by atoms with van der Waals surface area (Å²) in [6, 6.07) is 3.20. The molecule has 2 rings (SSSR count). The zero-order valence-corrected chi connectivity index (χ0v) is 13.2. The van der Waals surface area contributed by atoms with E-state index in [4.69, 9.17) is 21.1 Å². The Morgan fingerprint density at radius 3 is 2.64 bits per heavy atom. The fourth-order valence-corrected chi connectivity index (χ4v) is 2.06. The van der Waals surface area contributed by atoms with Gasteiger partial charge >= 0.3 is 0 Å². The summed E-state index contributed by atoms with van der Waals surface area (Å²) in [6.45, 7) is 2.16. The van der Waals surface area contributed by atoms with Crippen molar-refractivity contribution < 1.29 is 14.3 Å². The van der Waals surface area contributed by atoms with Crippen molar-refractivity contribution >= 4 is 23.2 Å². The normalized spacial score (nSPS) is 10.4. The van der Waals surface area contributed by atoms with Crippen LogP contribution in [-0.2, 0) is 11.3 Å². The predicted octanol–water partition coefficient (Wildman–Crippen LogP) is 1.68. The minimum Gasteiger partial charge on any atom is -0.495 e. The van der Waals surface area contributed by atoms with Gasteiger partial charge in [0.25, 0.3) is 0 Å². The summed E-state index contributed by atoms with van der Waals surface area (Å²) in [4.78, 5) is 12.0. The van der Waals surface area contributed by atoms with Gasteiger partial charge in [-0.3, -0.25) is 4.79 Å². The van der Waals surface area contributed by atoms with Crippen LogP contribution in [0.4, 0.5) is 5.69 Å². The molecule has 8 nitrogen and oxygen atoms in total. The van der Waals surface area contributed by atoms with Gasteiger partial charge in [-0.25, -0.2) is 4.68 Å². The van der Waals surface area contributed by atoms with Crippen molar-refractivity contribution in [3.05, 3.63) is 23.0 Å². The zero-order chi connectivity index (χ0) is 16.1. The number of carbonyl (C=O) groups is 1. The lowest BCUT2D eigenvalue weighted by Gasteiger charge is -2.13. The fraction of sp³-hybridized carbons (Fsp3) is 0.385. The third kappa shape index (κ3) is 3.64. The van der Waals surface area contributed by atoms with Gasteiger partial charge in [-0.2, -0.15) is 0 Å². The van der Waals surface area contributed by atoms with Crippen molar-refractivity contribution in [1.29, 1.82) is 0 Å². The molecule has 1 aromatic carbocycles. The second kappa shape index (κ2) is 7.08. The molecule has 2 aromatic rings. The second-order valence-corrected chi connectivity index (χ2v) is 4.84. The monoisotopic (exact) mass is 325 g/mol. The molecular weight excluding hydrogens is 310 g/mol. The molecule has 0 spiro atoms. The molecule has 0 atom stereocenters. The number of tetrazole rings is 1. The van der Waals surface area contributed by atoms with E-state index in [1.165, 1.54) is 14.2 Å². The van der Waals surface area contributed by atoms with Crippen LogP contribution in [0.1, 0.15) is 12.2 Å². The quantitative estimate of drug-likeness (QED) is 0.869. The van der Waals surface area contributed by atoms with Gasteiger partial charge in [-0.1, -0.05) is 11.6 Å². The van der Waals surface area contributed by atoms with Gasteiger partial charge in [0.05, 0.1) is 31.5 Å². The smallest absolute Gasteiger partial charge is 0.226 e. The van der Waals surface area contributed by atoms with Crippen LogP contribution in [0.2, 0.25) is 5.02 Å². The van der Waals surface area contributed by atoms with Crippen LogP contribution >= 0.6 is 11.6 Å². The number of nitrogens with zero attached hydrogens (tertiary/aromatic N) is 4. The van der Waals surface area contributed by atoms with Gasteiger partial charge < -0.3 is 14.8 Å². The van der Waals surface area contributed by atoms with Crippen LogP contribution in [0.15, 0.2) is 12.1 Å². The molecule has 0 aliphatic heterocycles. The molecule has 9 heteroatoms. The zero-order valence-electron chi connectivity index (χ0n) is 12.5. The van der Waals surface area contributed by atoms with Gasteiger partial charge in [0.2, 0.25) is 5.91 Å². The van der Waals surface area contributed by atoms with Gasteiger partial charge in [0.1, 0.15) is 17.3 Å². The highest BCUT2D eigenvalue weighted by Crippen LogP contribution is 2.35. The van der Waals surface area contributed by atoms with Crippen LogP contribution in [0.5, 0.6) is 11.5 Å².